The summed E-state index contributed by atoms with van der Waals surface area (Å²) >= 11 is 0. The number of hydrogen-bond acceptors (Lipinski definition) is 2. The van der Waals surface area contributed by atoms with E-state index < -0.39 is 0 Å². The highest BCUT2D eigenvalue weighted by Gasteiger charge is 2.13. The van der Waals surface area contributed by atoms with Crippen molar-refractivity contribution in [2.45, 2.75) is 47.1 Å². The van der Waals surface area contributed by atoms with Gasteiger partial charge in [-0.15, -0.1) is 0 Å². The number of fused-ring (bicyclic) bond motifs is 1. The van der Waals surface area contributed by atoms with Gasteiger partial charge in [0.15, 0.2) is 5.43 Å². The first-order valence-electron chi connectivity index (χ1n) is 7.75. The molecule has 0 aliphatic carbocycles. The van der Waals surface area contributed by atoms with Crippen molar-refractivity contribution >= 4 is 10.9 Å². The molecule has 3 nitrogen and oxygen atoms in total. The van der Waals surface area contributed by atoms with E-state index in [2.05, 4.69) is 42.9 Å². The Bertz CT molecular complexity index is 700. The number of aromatic nitrogens is 1. The van der Waals surface area contributed by atoms with Crippen LogP contribution in [0.15, 0.2) is 16.9 Å². The molecule has 21 heavy (non-hydrogen) atoms. The number of nitrogens with zero attached hydrogens (tertiary/aromatic N) is 1. The van der Waals surface area contributed by atoms with Crippen LogP contribution in [0.2, 0.25) is 0 Å². The van der Waals surface area contributed by atoms with E-state index in [0.717, 1.165) is 34.3 Å². The van der Waals surface area contributed by atoms with Gasteiger partial charge < -0.3 is 9.88 Å². The van der Waals surface area contributed by atoms with Crippen LogP contribution in [0.4, 0.5) is 0 Å². The number of nitrogens with one attached hydrogen (secondary N) is 1. The summed E-state index contributed by atoms with van der Waals surface area (Å²) in [5.74, 6) is 0. The van der Waals surface area contributed by atoms with E-state index in [-0.39, 0.29) is 5.43 Å². The third-order valence-electron chi connectivity index (χ3n) is 4.08. The first-order chi connectivity index (χ1) is 9.93. The maximum atomic E-state index is 12.8. The number of aryl methyl sites for hydroxylation is 3. The molecular formula is C18H26N2O. The molecule has 0 fully saturated rings. The third-order valence-corrected chi connectivity index (χ3v) is 4.08. The number of H-pyrrole nitrogens is 1. The zero-order valence-electron chi connectivity index (χ0n) is 13.8. The van der Waals surface area contributed by atoms with Crippen LogP contribution in [0, 0.1) is 20.8 Å². The molecule has 0 unspecified atom stereocenters. The Hall–Kier alpha value is -1.61. The van der Waals surface area contributed by atoms with Crippen LogP contribution in [-0.2, 0) is 6.54 Å². The Morgan fingerprint density at radius 1 is 1.19 bits per heavy atom. The monoisotopic (exact) mass is 286 g/mol. The number of hydrogen-bond donors (Lipinski definition) is 1. The van der Waals surface area contributed by atoms with E-state index in [1.54, 1.807) is 0 Å². The predicted octanol–water partition coefficient (Wildman–Crippen LogP) is 3.69. The van der Waals surface area contributed by atoms with Crippen molar-refractivity contribution < 1.29 is 0 Å². The molecule has 0 radical (unpaired) electrons. The average Bonchev–Trinajstić information content (AvgIpc) is 2.40. The van der Waals surface area contributed by atoms with Crippen molar-refractivity contribution in [1.29, 1.82) is 0 Å². The molecule has 114 valence electrons. The zero-order valence-corrected chi connectivity index (χ0v) is 13.8. The summed E-state index contributed by atoms with van der Waals surface area (Å²) in [5.41, 5.74) is 5.26. The molecule has 0 aliphatic heterocycles. The molecule has 2 aromatic rings. The Morgan fingerprint density at radius 3 is 2.57 bits per heavy atom. The van der Waals surface area contributed by atoms with Crippen LogP contribution in [0.1, 0.15) is 42.1 Å². The molecule has 1 heterocycles. The van der Waals surface area contributed by atoms with E-state index >= 15 is 0 Å². The molecule has 0 atom stereocenters. The van der Waals surface area contributed by atoms with E-state index in [9.17, 15) is 4.79 Å². The first kappa shape index (κ1) is 15.8. The fraction of sp³-hybridized carbons (Fsp3) is 0.500. The Morgan fingerprint density at radius 2 is 1.90 bits per heavy atom. The van der Waals surface area contributed by atoms with Gasteiger partial charge in [-0.25, -0.2) is 0 Å². The van der Waals surface area contributed by atoms with Crippen molar-refractivity contribution in [2.24, 2.45) is 0 Å². The largest absolute Gasteiger partial charge is 0.358 e. The summed E-state index contributed by atoms with van der Waals surface area (Å²) in [5, 5.41) is 0.838. The van der Waals surface area contributed by atoms with Crippen molar-refractivity contribution in [3.8, 4) is 0 Å². The van der Waals surface area contributed by atoms with Crippen molar-refractivity contribution in [3.05, 3.63) is 44.7 Å². The fourth-order valence-electron chi connectivity index (χ4n) is 2.93. The summed E-state index contributed by atoms with van der Waals surface area (Å²) in [6.07, 6.45) is 2.34. The Labute approximate surface area is 127 Å². The first-order valence-corrected chi connectivity index (χ1v) is 7.75. The Balaban J connectivity index is 2.48. The minimum absolute atomic E-state index is 0.182. The highest BCUT2D eigenvalue weighted by atomic mass is 16.1. The molecule has 1 aromatic heterocycles. The number of benzene rings is 1. The molecule has 0 spiro atoms. The van der Waals surface area contributed by atoms with Gasteiger partial charge in [-0.3, -0.25) is 4.79 Å². The molecule has 0 saturated carbocycles. The molecule has 2 rings (SSSR count). The normalized spacial score (nSPS) is 11.5. The van der Waals surface area contributed by atoms with E-state index in [4.69, 9.17) is 0 Å². The van der Waals surface area contributed by atoms with Gasteiger partial charge in [0.25, 0.3) is 0 Å². The Kier molecular flexibility index (Phi) is 4.84. The van der Waals surface area contributed by atoms with E-state index in [1.165, 1.54) is 18.4 Å². The summed E-state index contributed by atoms with van der Waals surface area (Å²) in [6, 6.07) is 4.14. The van der Waals surface area contributed by atoms with Gasteiger partial charge in [0.05, 0.1) is 5.52 Å². The second kappa shape index (κ2) is 6.44. The molecule has 0 saturated heterocycles. The quantitative estimate of drug-likeness (QED) is 0.910. The molecule has 1 N–H and O–H groups in total. The number of unbranched alkanes of at least 4 members (excludes halogenated alkanes) is 1. The third kappa shape index (κ3) is 3.35. The minimum Gasteiger partial charge on any atom is -0.358 e. The van der Waals surface area contributed by atoms with E-state index in [1.807, 2.05) is 13.8 Å². The number of pyridine rings is 1. The van der Waals surface area contributed by atoms with Gasteiger partial charge in [0, 0.05) is 23.2 Å². The summed E-state index contributed by atoms with van der Waals surface area (Å²) < 4.78 is 0. The average molecular weight is 286 g/mol. The molecule has 0 bridgehead atoms. The van der Waals surface area contributed by atoms with Crippen LogP contribution in [0.5, 0.6) is 0 Å². The molecule has 1 aromatic carbocycles. The van der Waals surface area contributed by atoms with Crippen LogP contribution >= 0.6 is 0 Å². The summed E-state index contributed by atoms with van der Waals surface area (Å²) in [4.78, 5) is 18.5. The minimum atomic E-state index is 0.182. The van der Waals surface area contributed by atoms with Gasteiger partial charge in [-0.2, -0.15) is 0 Å². The van der Waals surface area contributed by atoms with Gasteiger partial charge in [0.2, 0.25) is 0 Å². The molecular weight excluding hydrogens is 260 g/mol. The molecule has 0 amide bonds. The standard InChI is InChI=1S/C18H26N2O/c1-6-7-8-20(5)11-15-14(4)19-16-10-12(2)9-13(3)17(16)18(15)21/h9-10H,6-8,11H2,1-5H3,(H,19,21). The van der Waals surface area contributed by atoms with Crippen molar-refractivity contribution in [2.75, 3.05) is 13.6 Å². The number of rotatable bonds is 5. The second-order valence-electron chi connectivity index (χ2n) is 6.15. The predicted molar refractivity (Wildman–Crippen MR) is 90.0 cm³/mol. The number of aromatic amines is 1. The van der Waals surface area contributed by atoms with Crippen LogP contribution in [-0.4, -0.2) is 23.5 Å². The molecule has 0 aliphatic rings. The van der Waals surface area contributed by atoms with Gasteiger partial charge in [-0.1, -0.05) is 19.4 Å². The maximum Gasteiger partial charge on any atom is 0.194 e. The van der Waals surface area contributed by atoms with Crippen molar-refractivity contribution in [1.82, 2.24) is 9.88 Å². The summed E-state index contributed by atoms with van der Waals surface area (Å²) in [7, 11) is 2.08. The lowest BCUT2D eigenvalue weighted by atomic mass is 10.0. The second-order valence-corrected chi connectivity index (χ2v) is 6.15. The SMILES string of the molecule is CCCCN(C)Cc1c(C)[nH]c2cc(C)cc(C)c2c1=O. The lowest BCUT2D eigenvalue weighted by molar-refractivity contribution is 0.319. The lowest BCUT2D eigenvalue weighted by Crippen LogP contribution is -2.25. The highest BCUT2D eigenvalue weighted by molar-refractivity contribution is 5.83. The fourth-order valence-corrected chi connectivity index (χ4v) is 2.93. The lowest BCUT2D eigenvalue weighted by Gasteiger charge is -2.18. The van der Waals surface area contributed by atoms with Gasteiger partial charge in [-0.05, 0) is 58.0 Å². The van der Waals surface area contributed by atoms with Gasteiger partial charge in [0.1, 0.15) is 0 Å². The summed E-state index contributed by atoms with van der Waals surface area (Å²) in [6.45, 7) is 10.0. The smallest absolute Gasteiger partial charge is 0.194 e. The maximum absolute atomic E-state index is 12.8. The van der Waals surface area contributed by atoms with Crippen LogP contribution < -0.4 is 5.43 Å². The topological polar surface area (TPSA) is 36.1 Å². The van der Waals surface area contributed by atoms with Crippen molar-refractivity contribution in [3.63, 3.8) is 0 Å². The van der Waals surface area contributed by atoms with Gasteiger partial charge >= 0.3 is 0 Å². The highest BCUT2D eigenvalue weighted by Crippen LogP contribution is 2.18. The molecule has 3 heteroatoms. The van der Waals surface area contributed by atoms with Crippen LogP contribution in [0.25, 0.3) is 10.9 Å². The zero-order chi connectivity index (χ0) is 15.6. The van der Waals surface area contributed by atoms with E-state index in [0.29, 0.717) is 6.54 Å². The van der Waals surface area contributed by atoms with Crippen LogP contribution in [0.3, 0.4) is 0 Å².